The highest BCUT2D eigenvalue weighted by Crippen LogP contribution is 2.41. The number of para-hydroxylation sites is 1. The zero-order chi connectivity index (χ0) is 29.9. The third-order valence-corrected chi connectivity index (χ3v) is 7.97. The zero-order valence-electron chi connectivity index (χ0n) is 25.1. The molecular formula is C36H41NO5. The Morgan fingerprint density at radius 2 is 1.67 bits per heavy atom. The lowest BCUT2D eigenvalue weighted by Gasteiger charge is -2.41. The molecule has 1 aliphatic heterocycles. The van der Waals surface area contributed by atoms with Crippen LogP contribution in [0.3, 0.4) is 0 Å². The average molecular weight is 568 g/mol. The number of fused-ring (bicyclic) bond motifs is 2. The molecule has 0 aromatic heterocycles. The topological polar surface area (TPSA) is 68.2 Å². The van der Waals surface area contributed by atoms with Crippen LogP contribution in [0, 0.1) is 0 Å². The first-order valence-electron chi connectivity index (χ1n) is 14.6. The van der Waals surface area contributed by atoms with E-state index in [0.717, 1.165) is 45.2 Å². The Balaban J connectivity index is 1.46. The standard InChI is InChI=1S/C36H41NO5/c1-24(29-15-10-12-26-11-6-7-13-30(26)29)37(35(39)42-36(2,3)4)23-28-22-32(31-14-8-9-16-33(31)41-28)27-19-17-25(18-20-27)21-34(38)40-5/h6-20,24,28,32,35,39H,21-23H2,1-5H3/t24-,28-,32?,35?/m1/s1. The molecule has 0 amide bonds. The molecule has 4 atom stereocenters. The van der Waals surface area contributed by atoms with Gasteiger partial charge < -0.3 is 19.3 Å². The van der Waals surface area contributed by atoms with E-state index in [0.29, 0.717) is 6.54 Å². The van der Waals surface area contributed by atoms with Gasteiger partial charge in [-0.1, -0.05) is 84.9 Å². The number of carbonyl (C=O) groups is 1. The molecule has 0 saturated carbocycles. The third kappa shape index (κ3) is 6.84. The molecule has 42 heavy (non-hydrogen) atoms. The van der Waals surface area contributed by atoms with Crippen LogP contribution in [0.2, 0.25) is 0 Å². The van der Waals surface area contributed by atoms with E-state index in [1.54, 1.807) is 0 Å². The van der Waals surface area contributed by atoms with Crippen molar-refractivity contribution in [2.45, 2.75) is 70.6 Å². The van der Waals surface area contributed by atoms with Gasteiger partial charge in [0.05, 0.1) is 19.1 Å². The van der Waals surface area contributed by atoms with Crippen molar-refractivity contribution in [3.8, 4) is 5.75 Å². The van der Waals surface area contributed by atoms with Crippen LogP contribution in [0.5, 0.6) is 5.75 Å². The lowest BCUT2D eigenvalue weighted by molar-refractivity contribution is -0.251. The molecule has 1 heterocycles. The van der Waals surface area contributed by atoms with Crippen molar-refractivity contribution < 1.29 is 24.1 Å². The quantitative estimate of drug-likeness (QED) is 0.174. The van der Waals surface area contributed by atoms with Gasteiger partial charge in [0.15, 0.2) is 0 Å². The largest absolute Gasteiger partial charge is 0.489 e. The minimum absolute atomic E-state index is 0.0996. The summed E-state index contributed by atoms with van der Waals surface area (Å²) >= 11 is 0. The van der Waals surface area contributed by atoms with Crippen LogP contribution in [0.15, 0.2) is 91.0 Å². The van der Waals surface area contributed by atoms with Gasteiger partial charge in [-0.05, 0) is 67.6 Å². The fourth-order valence-corrected chi connectivity index (χ4v) is 5.88. The Hall–Kier alpha value is -3.71. The van der Waals surface area contributed by atoms with Gasteiger partial charge in [0.2, 0.25) is 6.41 Å². The number of carbonyl (C=O) groups excluding carboxylic acids is 1. The van der Waals surface area contributed by atoms with Crippen molar-refractivity contribution in [2.75, 3.05) is 13.7 Å². The van der Waals surface area contributed by atoms with Gasteiger partial charge in [0.1, 0.15) is 11.9 Å². The normalized spacial score (nSPS) is 18.3. The van der Waals surface area contributed by atoms with E-state index in [2.05, 4.69) is 55.5 Å². The number of ether oxygens (including phenoxy) is 3. The molecule has 0 spiro atoms. The highest BCUT2D eigenvalue weighted by Gasteiger charge is 2.35. The summed E-state index contributed by atoms with van der Waals surface area (Å²) in [4.78, 5) is 13.8. The van der Waals surface area contributed by atoms with E-state index in [-0.39, 0.29) is 30.5 Å². The Morgan fingerprint density at radius 1 is 0.976 bits per heavy atom. The SMILES string of the molecule is COC(=O)Cc1ccc(C2C[C@H](CN(C(O)OC(C)(C)C)[C@H](C)c3cccc4ccccc34)Oc3ccccc32)cc1. The van der Waals surface area contributed by atoms with Crippen LogP contribution in [0.1, 0.15) is 68.3 Å². The molecule has 0 fully saturated rings. The van der Waals surface area contributed by atoms with E-state index in [1.807, 2.05) is 68.1 Å². The van der Waals surface area contributed by atoms with Crippen LogP contribution >= 0.6 is 0 Å². The molecule has 6 heteroatoms. The molecule has 2 unspecified atom stereocenters. The maximum Gasteiger partial charge on any atom is 0.309 e. The second-order valence-corrected chi connectivity index (χ2v) is 12.1. The van der Waals surface area contributed by atoms with Crippen LogP contribution < -0.4 is 4.74 Å². The fourth-order valence-electron chi connectivity index (χ4n) is 5.88. The molecule has 1 aliphatic rings. The summed E-state index contributed by atoms with van der Waals surface area (Å²) in [5, 5.41) is 13.8. The first kappa shape index (κ1) is 29.8. The van der Waals surface area contributed by atoms with Crippen molar-refractivity contribution >= 4 is 16.7 Å². The van der Waals surface area contributed by atoms with Crippen molar-refractivity contribution in [3.05, 3.63) is 113 Å². The molecule has 0 saturated heterocycles. The van der Waals surface area contributed by atoms with E-state index in [4.69, 9.17) is 14.2 Å². The number of methoxy groups -OCH3 is 1. The summed E-state index contributed by atoms with van der Waals surface area (Å²) in [6.45, 7) is 8.43. The molecule has 0 radical (unpaired) electrons. The van der Waals surface area contributed by atoms with E-state index >= 15 is 0 Å². The van der Waals surface area contributed by atoms with E-state index in [1.165, 1.54) is 7.11 Å². The summed E-state index contributed by atoms with van der Waals surface area (Å²) in [5.41, 5.74) is 3.79. The van der Waals surface area contributed by atoms with Crippen LogP contribution in [0.4, 0.5) is 0 Å². The predicted octanol–water partition coefficient (Wildman–Crippen LogP) is 6.99. The van der Waals surface area contributed by atoms with E-state index in [9.17, 15) is 9.90 Å². The first-order chi connectivity index (χ1) is 20.1. The van der Waals surface area contributed by atoms with Crippen molar-refractivity contribution in [2.24, 2.45) is 0 Å². The summed E-state index contributed by atoms with van der Waals surface area (Å²) in [7, 11) is 1.41. The molecule has 6 nitrogen and oxygen atoms in total. The second-order valence-electron chi connectivity index (χ2n) is 12.1. The molecule has 1 N–H and O–H groups in total. The highest BCUT2D eigenvalue weighted by atomic mass is 16.6. The highest BCUT2D eigenvalue weighted by molar-refractivity contribution is 5.86. The van der Waals surface area contributed by atoms with Gasteiger partial charge in [-0.2, -0.15) is 0 Å². The van der Waals surface area contributed by atoms with Gasteiger partial charge in [-0.15, -0.1) is 0 Å². The Labute approximate surface area is 248 Å². The van der Waals surface area contributed by atoms with Crippen molar-refractivity contribution in [3.63, 3.8) is 0 Å². The second kappa shape index (κ2) is 12.7. The van der Waals surface area contributed by atoms with Gasteiger partial charge >= 0.3 is 5.97 Å². The molecule has 220 valence electrons. The number of rotatable bonds is 9. The Bertz CT molecular complexity index is 1500. The molecule has 0 bridgehead atoms. The maximum absolute atomic E-state index is 11.8. The Kier molecular flexibility index (Phi) is 8.97. The number of hydrogen-bond acceptors (Lipinski definition) is 6. The van der Waals surface area contributed by atoms with E-state index < -0.39 is 12.0 Å². The van der Waals surface area contributed by atoms with Gasteiger partial charge in [-0.3, -0.25) is 4.79 Å². The van der Waals surface area contributed by atoms with Gasteiger partial charge in [0.25, 0.3) is 0 Å². The fraction of sp³-hybridized carbons (Fsp3) is 0.361. The molecule has 5 rings (SSSR count). The lowest BCUT2D eigenvalue weighted by Crippen LogP contribution is -2.48. The lowest BCUT2D eigenvalue weighted by atomic mass is 9.83. The minimum Gasteiger partial charge on any atom is -0.489 e. The van der Waals surface area contributed by atoms with Crippen LogP contribution in [-0.4, -0.2) is 47.7 Å². The van der Waals surface area contributed by atoms with Gasteiger partial charge in [-0.25, -0.2) is 4.90 Å². The number of aliphatic hydroxyl groups is 1. The number of hydrogen-bond donors (Lipinski definition) is 1. The van der Waals surface area contributed by atoms with Gasteiger partial charge in [0, 0.05) is 24.1 Å². The monoisotopic (exact) mass is 567 g/mol. The van der Waals surface area contributed by atoms with Crippen molar-refractivity contribution in [1.82, 2.24) is 4.90 Å². The first-order valence-corrected chi connectivity index (χ1v) is 14.6. The molecule has 0 aliphatic carbocycles. The summed E-state index contributed by atoms with van der Waals surface area (Å²) in [6.07, 6.45) is -0.351. The third-order valence-electron chi connectivity index (χ3n) is 7.97. The smallest absolute Gasteiger partial charge is 0.309 e. The number of nitrogens with zero attached hydrogens (tertiary/aromatic N) is 1. The average Bonchev–Trinajstić information content (AvgIpc) is 2.98. The van der Waals surface area contributed by atoms with Crippen molar-refractivity contribution in [1.29, 1.82) is 0 Å². The van der Waals surface area contributed by atoms with Crippen LogP contribution in [-0.2, 0) is 20.7 Å². The number of benzene rings is 4. The van der Waals surface area contributed by atoms with Crippen LogP contribution in [0.25, 0.3) is 10.8 Å². The maximum atomic E-state index is 11.8. The number of esters is 1. The summed E-state index contributed by atoms with van der Waals surface area (Å²) in [5.74, 6) is 0.694. The predicted molar refractivity (Wildman–Crippen MR) is 165 cm³/mol. The number of aliphatic hydroxyl groups excluding tert-OH is 1. The summed E-state index contributed by atoms with van der Waals surface area (Å²) < 4.78 is 17.5. The zero-order valence-corrected chi connectivity index (χ0v) is 25.1. The molecule has 4 aromatic rings. The molecule has 4 aromatic carbocycles. The molecular weight excluding hydrogens is 526 g/mol. The Morgan fingerprint density at radius 3 is 2.40 bits per heavy atom. The summed E-state index contributed by atoms with van der Waals surface area (Å²) in [6, 6.07) is 30.8. The minimum atomic E-state index is -1.13.